The van der Waals surface area contributed by atoms with E-state index in [-0.39, 0.29) is 54.8 Å². The monoisotopic (exact) mass is 906 g/mol. The van der Waals surface area contributed by atoms with Crippen LogP contribution in [-0.2, 0) is 35.3 Å². The summed E-state index contributed by atoms with van der Waals surface area (Å²) in [6.07, 6.45) is 4.12. The van der Waals surface area contributed by atoms with Crippen LogP contribution < -0.4 is 20.1 Å². The number of halogens is 3. The lowest BCUT2D eigenvalue weighted by Gasteiger charge is -2.30. The van der Waals surface area contributed by atoms with E-state index in [1.807, 2.05) is 12.2 Å². The number of allylic oxidation sites excluding steroid dienone is 1. The average Bonchev–Trinajstić information content (AvgIpc) is 3.92. The molecule has 4 fully saturated rings. The summed E-state index contributed by atoms with van der Waals surface area (Å²) in [6.45, 7) is 1.36. The zero-order chi connectivity index (χ0) is 45.0. The second-order valence-corrected chi connectivity index (χ2v) is 20.1. The highest BCUT2D eigenvalue weighted by molar-refractivity contribution is 7.91. The summed E-state index contributed by atoms with van der Waals surface area (Å²) >= 11 is 0. The van der Waals surface area contributed by atoms with Crippen molar-refractivity contribution in [1.29, 1.82) is 0 Å². The fourth-order valence-corrected chi connectivity index (χ4v) is 10.3. The lowest BCUT2D eigenvalue weighted by molar-refractivity contribution is -0.141. The maximum absolute atomic E-state index is 14.8. The standard InChI is InChI=1S/C45H49F3N6O9S/c1-43(21-22-43)64(59,60)53-41(57)44-24-28(44)11-5-3-2-4-6-15-32(49-42(58)62-29-12-7-8-13-29)40(56)54-25-30(23-33(54)38(55)52-44)61-39-36-35(31-14-9-10-16-34(31)63-36)50-37(51-39)26-17-19-27(20-18-26)45(46,47)48/h5,9-11,14,16-20,28-30,32-33H,2-4,6-8,12-13,15,21-25H2,1H3,(H,49,58)(H,52,55)(H,53,57)/b11-5-/t28-,30-,32+,33+,44-/m1/s1. The SMILES string of the molecule is CC1(S(=O)(=O)NC(=O)[C@@]23C[C@H]2/C=C\CCCCC[C@H](NC(=O)OC2CCCC2)C(=O)N2C[C@H](Oc4nc(-c5ccc(C(F)(F)F)cc5)nc5c4oc4ccccc45)C[C@H]2C(=O)N3)CC1. The number of hydrogen-bond acceptors (Lipinski definition) is 11. The molecule has 3 N–H and O–H groups in total. The first kappa shape index (κ1) is 43.5. The summed E-state index contributed by atoms with van der Waals surface area (Å²) in [4.78, 5) is 67.3. The van der Waals surface area contributed by atoms with E-state index in [0.29, 0.717) is 61.4 Å². The molecule has 0 radical (unpaired) electrons. The highest BCUT2D eigenvalue weighted by Gasteiger charge is 2.63. The van der Waals surface area contributed by atoms with Crippen LogP contribution in [0.15, 0.2) is 65.1 Å². The molecule has 340 valence electrons. The molecule has 2 aliphatic heterocycles. The minimum absolute atomic E-state index is 0.0327. The van der Waals surface area contributed by atoms with Gasteiger partial charge in [-0.1, -0.05) is 49.3 Å². The fraction of sp³-hybridized carbons (Fsp3) is 0.511. The minimum atomic E-state index is -4.57. The molecule has 64 heavy (non-hydrogen) atoms. The highest BCUT2D eigenvalue weighted by atomic mass is 32.2. The van der Waals surface area contributed by atoms with Crippen molar-refractivity contribution in [2.75, 3.05) is 6.54 Å². The van der Waals surface area contributed by atoms with E-state index in [1.54, 1.807) is 31.2 Å². The van der Waals surface area contributed by atoms with Crippen molar-refractivity contribution in [3.63, 3.8) is 0 Å². The van der Waals surface area contributed by atoms with Gasteiger partial charge < -0.3 is 29.4 Å². The second-order valence-electron chi connectivity index (χ2n) is 17.9. The van der Waals surface area contributed by atoms with Crippen LogP contribution in [0.1, 0.15) is 96.0 Å². The summed E-state index contributed by atoms with van der Waals surface area (Å²) in [7, 11) is -4.07. The lowest BCUT2D eigenvalue weighted by Crippen LogP contribution is -2.58. The van der Waals surface area contributed by atoms with Gasteiger partial charge in [-0.2, -0.15) is 18.2 Å². The van der Waals surface area contributed by atoms with E-state index in [4.69, 9.17) is 13.9 Å². The average molecular weight is 907 g/mol. The van der Waals surface area contributed by atoms with Gasteiger partial charge in [0.25, 0.3) is 11.8 Å². The molecular weight excluding hydrogens is 858 g/mol. The van der Waals surface area contributed by atoms with Crippen molar-refractivity contribution in [2.24, 2.45) is 5.92 Å². The Hall–Kier alpha value is -5.72. The van der Waals surface area contributed by atoms with Crippen LogP contribution in [0.5, 0.6) is 5.88 Å². The predicted molar refractivity (Wildman–Crippen MR) is 226 cm³/mol. The third-order valence-electron chi connectivity index (χ3n) is 13.3. The van der Waals surface area contributed by atoms with Gasteiger partial charge in [0.05, 0.1) is 16.9 Å². The fourth-order valence-electron chi connectivity index (χ4n) is 9.02. The summed E-state index contributed by atoms with van der Waals surface area (Å²) < 4.78 is 86.5. The Morgan fingerprint density at radius 1 is 0.953 bits per heavy atom. The number of alkyl carbamates (subject to hydrolysis) is 1. The molecular formula is C45H49F3N6O9S. The van der Waals surface area contributed by atoms with Gasteiger partial charge in [-0.3, -0.25) is 19.1 Å². The van der Waals surface area contributed by atoms with Crippen LogP contribution in [0, 0.1) is 5.92 Å². The van der Waals surface area contributed by atoms with E-state index in [1.165, 1.54) is 17.0 Å². The number of fused-ring (bicyclic) bond motifs is 5. The van der Waals surface area contributed by atoms with Gasteiger partial charge in [0.1, 0.15) is 40.9 Å². The Kier molecular flexibility index (Phi) is 11.3. The van der Waals surface area contributed by atoms with Crippen LogP contribution in [-0.4, -0.2) is 88.2 Å². The maximum Gasteiger partial charge on any atom is 0.416 e. The van der Waals surface area contributed by atoms with Gasteiger partial charge in [0.2, 0.25) is 27.4 Å². The van der Waals surface area contributed by atoms with Crippen molar-refractivity contribution in [3.05, 3.63) is 66.2 Å². The number of nitrogens with one attached hydrogen (secondary N) is 3. The normalized spacial score (nSPS) is 26.8. The number of alkyl halides is 3. The third-order valence-corrected chi connectivity index (χ3v) is 15.4. The first-order valence-corrected chi connectivity index (χ1v) is 23.4. The summed E-state index contributed by atoms with van der Waals surface area (Å²) in [6, 6.07) is 8.98. The van der Waals surface area contributed by atoms with E-state index < -0.39 is 80.0 Å². The first-order chi connectivity index (χ1) is 30.5. The zero-order valence-electron chi connectivity index (χ0n) is 35.1. The van der Waals surface area contributed by atoms with Crippen LogP contribution in [0.4, 0.5) is 18.0 Å². The van der Waals surface area contributed by atoms with Crippen molar-refractivity contribution in [3.8, 4) is 17.3 Å². The summed E-state index contributed by atoms with van der Waals surface area (Å²) in [5.74, 6) is -2.76. The molecule has 4 aromatic rings. The van der Waals surface area contributed by atoms with E-state index >= 15 is 0 Å². The van der Waals surface area contributed by atoms with Gasteiger partial charge in [-0.15, -0.1) is 0 Å². The molecule has 15 nitrogen and oxygen atoms in total. The van der Waals surface area contributed by atoms with Crippen LogP contribution in [0.25, 0.3) is 33.5 Å². The number of amides is 4. The molecule has 3 saturated carbocycles. The van der Waals surface area contributed by atoms with Crippen LogP contribution in [0.3, 0.4) is 0 Å². The smallest absolute Gasteiger partial charge is 0.416 e. The number of sulfonamides is 1. The molecule has 2 aromatic carbocycles. The highest BCUT2D eigenvalue weighted by Crippen LogP contribution is 2.48. The topological polar surface area (TPSA) is 199 Å². The quantitative estimate of drug-likeness (QED) is 0.157. The van der Waals surface area contributed by atoms with E-state index in [9.17, 15) is 40.8 Å². The molecule has 19 heteroatoms. The van der Waals surface area contributed by atoms with Crippen molar-refractivity contribution in [1.82, 2.24) is 30.2 Å². The Morgan fingerprint density at radius 2 is 1.69 bits per heavy atom. The number of rotatable bonds is 8. The second kappa shape index (κ2) is 16.7. The predicted octanol–water partition coefficient (Wildman–Crippen LogP) is 6.84. The number of carbonyl (C=O) groups excluding carboxylic acids is 4. The van der Waals surface area contributed by atoms with Crippen molar-refractivity contribution >= 4 is 55.9 Å². The molecule has 2 aromatic heterocycles. The van der Waals surface area contributed by atoms with Crippen LogP contribution >= 0.6 is 0 Å². The maximum atomic E-state index is 14.8. The van der Waals surface area contributed by atoms with Gasteiger partial charge in [-0.05, 0) is 95.4 Å². The lowest BCUT2D eigenvalue weighted by atomic mass is 10.0. The number of para-hydroxylation sites is 1. The number of hydrogen-bond donors (Lipinski definition) is 3. The molecule has 0 bridgehead atoms. The number of carbonyl (C=O) groups is 4. The Morgan fingerprint density at radius 3 is 2.42 bits per heavy atom. The molecule has 5 aliphatic rings. The Balaban J connectivity index is 1.06. The molecule has 9 rings (SSSR count). The molecule has 0 unspecified atom stereocenters. The van der Waals surface area contributed by atoms with E-state index in [0.717, 1.165) is 31.4 Å². The largest absolute Gasteiger partial charge is 0.470 e. The number of benzene rings is 2. The number of aromatic nitrogens is 2. The molecule has 4 amide bonds. The summed E-state index contributed by atoms with van der Waals surface area (Å²) in [5.41, 5.74) is -1.34. The third kappa shape index (κ3) is 8.62. The van der Waals surface area contributed by atoms with Gasteiger partial charge >= 0.3 is 12.3 Å². The van der Waals surface area contributed by atoms with Crippen LogP contribution in [0.2, 0.25) is 0 Å². The van der Waals surface area contributed by atoms with Gasteiger partial charge in [0, 0.05) is 23.3 Å². The molecule has 4 heterocycles. The zero-order valence-corrected chi connectivity index (χ0v) is 35.9. The van der Waals surface area contributed by atoms with Crippen molar-refractivity contribution < 1.29 is 54.7 Å². The molecule has 3 aliphatic carbocycles. The Labute approximate surface area is 366 Å². The number of ether oxygens (including phenoxy) is 2. The Bertz CT molecular complexity index is 2630. The van der Waals surface area contributed by atoms with Gasteiger partial charge in [-0.25, -0.2) is 18.2 Å². The summed E-state index contributed by atoms with van der Waals surface area (Å²) in [5, 5.41) is 6.21. The first-order valence-electron chi connectivity index (χ1n) is 21.9. The number of nitrogens with zero attached hydrogens (tertiary/aromatic N) is 3. The minimum Gasteiger partial charge on any atom is -0.470 e. The van der Waals surface area contributed by atoms with E-state index in [2.05, 4.69) is 25.3 Å². The van der Waals surface area contributed by atoms with Crippen molar-refractivity contribution in [2.45, 2.75) is 131 Å². The van der Waals surface area contributed by atoms with Gasteiger partial charge in [0.15, 0.2) is 5.82 Å². The molecule has 5 atom stereocenters. The molecule has 1 saturated heterocycles. The number of furan rings is 1. The molecule has 0 spiro atoms.